The van der Waals surface area contributed by atoms with Gasteiger partial charge in [-0.25, -0.2) is 0 Å². The van der Waals surface area contributed by atoms with Crippen LogP contribution in [0, 0.1) is 0 Å². The fourth-order valence-corrected chi connectivity index (χ4v) is 3.10. The van der Waals surface area contributed by atoms with Crippen LogP contribution in [0.5, 0.6) is 0 Å². The molecule has 0 N–H and O–H groups in total. The summed E-state index contributed by atoms with van der Waals surface area (Å²) in [7, 11) is 0. The van der Waals surface area contributed by atoms with Crippen molar-refractivity contribution in [2.24, 2.45) is 0 Å². The third-order valence-electron chi connectivity index (χ3n) is 4.51. The van der Waals surface area contributed by atoms with Crippen LogP contribution >= 0.6 is 0 Å². The van der Waals surface area contributed by atoms with E-state index in [2.05, 4.69) is 31.3 Å². The van der Waals surface area contributed by atoms with Gasteiger partial charge < -0.3 is 4.52 Å². The lowest BCUT2D eigenvalue weighted by Gasteiger charge is -2.03. The van der Waals surface area contributed by atoms with E-state index in [9.17, 15) is 0 Å². The fraction of sp³-hybridized carbons (Fsp3) is 0.0455. The lowest BCUT2D eigenvalue weighted by Crippen LogP contribution is -1.99. The van der Waals surface area contributed by atoms with Crippen LogP contribution in [-0.2, 0) is 6.54 Å². The third kappa shape index (κ3) is 3.66. The van der Waals surface area contributed by atoms with E-state index in [1.165, 1.54) is 0 Å². The van der Waals surface area contributed by atoms with Crippen molar-refractivity contribution in [3.05, 3.63) is 91.5 Å². The number of hydrogen-bond acceptors (Lipinski definition) is 6. The molecule has 0 saturated carbocycles. The van der Waals surface area contributed by atoms with E-state index in [1.54, 1.807) is 31.0 Å². The zero-order chi connectivity index (χ0) is 19.5. The highest BCUT2D eigenvalue weighted by atomic mass is 16.5. The van der Waals surface area contributed by atoms with Gasteiger partial charge in [-0.15, -0.1) is 0 Å². The number of aromatic nitrogens is 6. The lowest BCUT2D eigenvalue weighted by atomic mass is 10.1. The number of rotatable bonds is 5. The second-order valence-corrected chi connectivity index (χ2v) is 6.48. The van der Waals surface area contributed by atoms with Gasteiger partial charge in [0.2, 0.25) is 0 Å². The van der Waals surface area contributed by atoms with Crippen LogP contribution in [0.2, 0.25) is 0 Å². The Bertz CT molecular complexity index is 1230. The van der Waals surface area contributed by atoms with E-state index in [-0.39, 0.29) is 0 Å². The highest BCUT2D eigenvalue weighted by Gasteiger charge is 2.09. The van der Waals surface area contributed by atoms with E-state index in [4.69, 9.17) is 4.52 Å². The van der Waals surface area contributed by atoms with Crippen molar-refractivity contribution in [1.82, 2.24) is 29.9 Å². The minimum Gasteiger partial charge on any atom is -0.359 e. The first-order valence-corrected chi connectivity index (χ1v) is 9.11. The van der Waals surface area contributed by atoms with Gasteiger partial charge in [-0.05, 0) is 24.3 Å². The van der Waals surface area contributed by atoms with Crippen LogP contribution in [0.15, 0.2) is 90.2 Å². The summed E-state index contributed by atoms with van der Waals surface area (Å²) >= 11 is 0. The molecule has 7 heteroatoms. The Labute approximate surface area is 166 Å². The molecule has 0 fully saturated rings. The second kappa shape index (κ2) is 7.47. The molecule has 0 saturated heterocycles. The standard InChI is InChI=1S/C22H16N6O/c1-2-17(12-18(3-1)22-14-24-9-10-25-22)20-6-11-28(26-20)15-19-13-21(27-29-19)16-4-7-23-8-5-16/h1-14H,15H2. The Hall–Kier alpha value is -4.13. The zero-order valence-corrected chi connectivity index (χ0v) is 15.4. The molecule has 7 nitrogen and oxygen atoms in total. The maximum atomic E-state index is 5.47. The van der Waals surface area contributed by atoms with Gasteiger partial charge in [-0.3, -0.25) is 19.6 Å². The van der Waals surface area contributed by atoms with Gasteiger partial charge in [0.25, 0.3) is 0 Å². The topological polar surface area (TPSA) is 82.5 Å². The maximum absolute atomic E-state index is 5.47. The summed E-state index contributed by atoms with van der Waals surface area (Å²) in [6.45, 7) is 0.502. The summed E-state index contributed by atoms with van der Waals surface area (Å²) in [5.41, 5.74) is 5.48. The van der Waals surface area contributed by atoms with Crippen molar-refractivity contribution in [2.75, 3.05) is 0 Å². The first-order chi connectivity index (χ1) is 14.3. The van der Waals surface area contributed by atoms with Crippen molar-refractivity contribution >= 4 is 0 Å². The Kier molecular flexibility index (Phi) is 4.38. The van der Waals surface area contributed by atoms with Gasteiger partial charge in [0.1, 0.15) is 12.2 Å². The largest absolute Gasteiger partial charge is 0.359 e. The number of hydrogen-bond donors (Lipinski definition) is 0. The van der Waals surface area contributed by atoms with Gasteiger partial charge in [-0.1, -0.05) is 23.4 Å². The average molecular weight is 380 g/mol. The first-order valence-electron chi connectivity index (χ1n) is 9.11. The highest BCUT2D eigenvalue weighted by molar-refractivity contribution is 5.68. The highest BCUT2D eigenvalue weighted by Crippen LogP contribution is 2.24. The number of benzene rings is 1. The molecule has 5 aromatic rings. The van der Waals surface area contributed by atoms with Crippen LogP contribution in [0.3, 0.4) is 0 Å². The van der Waals surface area contributed by atoms with E-state index in [0.29, 0.717) is 6.54 Å². The van der Waals surface area contributed by atoms with E-state index >= 15 is 0 Å². The monoisotopic (exact) mass is 380 g/mol. The molecule has 0 spiro atoms. The molecular weight excluding hydrogens is 364 g/mol. The van der Waals surface area contributed by atoms with Crippen molar-refractivity contribution in [3.63, 3.8) is 0 Å². The molecule has 4 aromatic heterocycles. The second-order valence-electron chi connectivity index (χ2n) is 6.48. The van der Waals surface area contributed by atoms with Gasteiger partial charge in [-0.2, -0.15) is 5.10 Å². The zero-order valence-electron chi connectivity index (χ0n) is 15.4. The Balaban J connectivity index is 1.36. The van der Waals surface area contributed by atoms with Gasteiger partial charge in [0.15, 0.2) is 5.76 Å². The summed E-state index contributed by atoms with van der Waals surface area (Å²) in [5.74, 6) is 0.736. The minimum atomic E-state index is 0.502. The average Bonchev–Trinajstić information content (AvgIpc) is 3.45. The predicted octanol–water partition coefficient (Wildman–Crippen LogP) is 4.11. The summed E-state index contributed by atoms with van der Waals surface area (Å²) in [4.78, 5) is 12.5. The molecule has 0 unspecified atom stereocenters. The molecule has 0 radical (unpaired) electrons. The molecule has 5 rings (SSSR count). The molecular formula is C22H16N6O. The van der Waals surface area contributed by atoms with Gasteiger partial charge >= 0.3 is 0 Å². The van der Waals surface area contributed by atoms with E-state index < -0.39 is 0 Å². The predicted molar refractivity (Wildman–Crippen MR) is 108 cm³/mol. The summed E-state index contributed by atoms with van der Waals surface area (Å²) in [6.07, 6.45) is 10.5. The Morgan fingerprint density at radius 3 is 2.45 bits per heavy atom. The molecule has 0 aliphatic rings. The number of nitrogens with zero attached hydrogens (tertiary/aromatic N) is 6. The van der Waals surface area contributed by atoms with Crippen LogP contribution < -0.4 is 0 Å². The normalized spacial score (nSPS) is 10.9. The molecule has 0 aliphatic carbocycles. The third-order valence-corrected chi connectivity index (χ3v) is 4.51. The van der Waals surface area contributed by atoms with Crippen molar-refractivity contribution < 1.29 is 4.52 Å². The van der Waals surface area contributed by atoms with Crippen molar-refractivity contribution in [3.8, 4) is 33.8 Å². The number of pyridine rings is 1. The van der Waals surface area contributed by atoms with Crippen LogP contribution in [0.25, 0.3) is 33.8 Å². The van der Waals surface area contributed by atoms with E-state index in [0.717, 1.165) is 39.5 Å². The van der Waals surface area contributed by atoms with Gasteiger partial charge in [0.05, 0.1) is 17.6 Å². The Morgan fingerprint density at radius 1 is 0.759 bits per heavy atom. The quantitative estimate of drug-likeness (QED) is 0.456. The molecule has 140 valence electrons. The molecule has 0 amide bonds. The fourth-order valence-electron chi connectivity index (χ4n) is 3.10. The van der Waals surface area contributed by atoms with Gasteiger partial charge in [0, 0.05) is 53.7 Å². The molecule has 0 aliphatic heterocycles. The summed E-state index contributed by atoms with van der Waals surface area (Å²) in [5, 5.41) is 8.81. The Morgan fingerprint density at radius 2 is 1.62 bits per heavy atom. The maximum Gasteiger partial charge on any atom is 0.158 e. The van der Waals surface area contributed by atoms with Crippen LogP contribution in [-0.4, -0.2) is 29.9 Å². The molecule has 0 atom stereocenters. The molecule has 0 bridgehead atoms. The minimum absolute atomic E-state index is 0.502. The summed E-state index contributed by atoms with van der Waals surface area (Å²) < 4.78 is 7.30. The van der Waals surface area contributed by atoms with Crippen LogP contribution in [0.1, 0.15) is 5.76 Å². The van der Waals surface area contributed by atoms with Crippen molar-refractivity contribution in [2.45, 2.75) is 6.54 Å². The van der Waals surface area contributed by atoms with Crippen molar-refractivity contribution in [1.29, 1.82) is 0 Å². The first kappa shape index (κ1) is 17.0. The smallest absolute Gasteiger partial charge is 0.158 e. The molecule has 1 aromatic carbocycles. The summed E-state index contributed by atoms with van der Waals surface area (Å²) in [6, 6.07) is 15.8. The molecule has 29 heavy (non-hydrogen) atoms. The van der Waals surface area contributed by atoms with E-state index in [1.807, 2.05) is 53.3 Å². The van der Waals surface area contributed by atoms with Crippen LogP contribution in [0.4, 0.5) is 0 Å². The molecule has 4 heterocycles. The SMILES string of the molecule is c1cc(-c2cnccn2)cc(-c2ccn(Cc3cc(-c4ccncc4)no3)n2)c1. The lowest BCUT2D eigenvalue weighted by molar-refractivity contribution is 0.373.